The third kappa shape index (κ3) is 1.93. The monoisotopic (exact) mass is 291 g/mol. The summed E-state index contributed by atoms with van der Waals surface area (Å²) in [5, 5.41) is 0. The molecular formula is C8H7BrFN3OS. The summed E-state index contributed by atoms with van der Waals surface area (Å²) in [5.41, 5.74) is -1.84. The second-order valence-electron chi connectivity index (χ2n) is 3.51. The number of nitrogens with zero attached hydrogens (tertiary/aromatic N) is 2. The van der Waals surface area contributed by atoms with Crippen LogP contribution in [-0.4, -0.2) is 15.0 Å². The van der Waals surface area contributed by atoms with Crippen LogP contribution in [0.3, 0.4) is 0 Å². The Kier molecular flexibility index (Phi) is 2.38. The molecule has 0 spiro atoms. The van der Waals surface area contributed by atoms with Crippen LogP contribution in [-0.2, 0) is 5.67 Å². The van der Waals surface area contributed by atoms with Crippen molar-refractivity contribution in [3.63, 3.8) is 0 Å². The molecule has 0 fully saturated rings. The number of aromatic nitrogens is 3. The molecule has 2 heterocycles. The SMILES string of the molecule is CC(C)(F)c1nc2sc(Br)nc2c(=O)[nH]1. The van der Waals surface area contributed by atoms with Crippen LogP contribution in [0.2, 0.25) is 0 Å². The molecule has 2 aromatic heterocycles. The highest BCUT2D eigenvalue weighted by Crippen LogP contribution is 2.25. The zero-order chi connectivity index (χ0) is 11.2. The van der Waals surface area contributed by atoms with Crippen LogP contribution in [0.1, 0.15) is 19.7 Å². The van der Waals surface area contributed by atoms with Crippen LogP contribution in [0, 0.1) is 0 Å². The largest absolute Gasteiger partial charge is 0.306 e. The van der Waals surface area contributed by atoms with Gasteiger partial charge in [0.2, 0.25) is 0 Å². The molecule has 0 bridgehead atoms. The van der Waals surface area contributed by atoms with Gasteiger partial charge in [0, 0.05) is 0 Å². The van der Waals surface area contributed by atoms with Crippen LogP contribution in [0.4, 0.5) is 4.39 Å². The predicted octanol–water partition coefficient (Wildman–Crippen LogP) is 2.35. The van der Waals surface area contributed by atoms with Crippen molar-refractivity contribution in [1.29, 1.82) is 0 Å². The number of nitrogens with one attached hydrogen (secondary N) is 1. The van der Waals surface area contributed by atoms with Gasteiger partial charge in [-0.25, -0.2) is 14.4 Å². The Morgan fingerprint density at radius 1 is 1.47 bits per heavy atom. The van der Waals surface area contributed by atoms with E-state index in [9.17, 15) is 9.18 Å². The van der Waals surface area contributed by atoms with E-state index in [0.717, 1.165) is 0 Å². The molecule has 15 heavy (non-hydrogen) atoms. The molecule has 80 valence electrons. The van der Waals surface area contributed by atoms with Crippen LogP contribution < -0.4 is 5.56 Å². The number of aromatic amines is 1. The minimum absolute atomic E-state index is 0.0242. The number of thiazole rings is 1. The number of rotatable bonds is 1. The van der Waals surface area contributed by atoms with Crippen LogP contribution >= 0.6 is 27.3 Å². The van der Waals surface area contributed by atoms with E-state index < -0.39 is 11.2 Å². The first-order chi connectivity index (χ1) is 6.88. The lowest BCUT2D eigenvalue weighted by Gasteiger charge is -2.11. The van der Waals surface area contributed by atoms with Gasteiger partial charge in [0.25, 0.3) is 5.56 Å². The maximum Gasteiger partial charge on any atom is 0.278 e. The third-order valence-corrected chi connectivity index (χ3v) is 3.21. The van der Waals surface area contributed by atoms with Gasteiger partial charge in [-0.1, -0.05) is 11.3 Å². The Balaban J connectivity index is 2.78. The fourth-order valence-corrected chi connectivity index (χ4v) is 2.39. The van der Waals surface area contributed by atoms with Gasteiger partial charge in [-0.05, 0) is 29.8 Å². The number of H-pyrrole nitrogens is 1. The standard InChI is InChI=1S/C8H7BrFN3OS/c1-8(2,10)6-12-4(14)3-5(13-6)15-7(9)11-3/h1-2H3,(H,12,13,14). The predicted molar refractivity (Wildman–Crippen MR) is 59.9 cm³/mol. The van der Waals surface area contributed by atoms with Crippen molar-refractivity contribution in [2.75, 3.05) is 0 Å². The number of hydrogen-bond donors (Lipinski definition) is 1. The molecular weight excluding hydrogens is 285 g/mol. The lowest BCUT2D eigenvalue weighted by atomic mass is 10.1. The van der Waals surface area contributed by atoms with Crippen molar-refractivity contribution in [3.8, 4) is 0 Å². The molecule has 0 unspecified atom stereocenters. The molecule has 0 saturated carbocycles. The molecule has 0 radical (unpaired) electrons. The maximum atomic E-state index is 13.6. The van der Waals surface area contributed by atoms with Crippen molar-refractivity contribution in [1.82, 2.24) is 15.0 Å². The summed E-state index contributed by atoms with van der Waals surface area (Å²) in [7, 11) is 0. The minimum atomic E-state index is -1.66. The summed E-state index contributed by atoms with van der Waals surface area (Å²) in [4.78, 5) is 22.3. The van der Waals surface area contributed by atoms with Crippen molar-refractivity contribution < 1.29 is 4.39 Å². The molecule has 4 nitrogen and oxygen atoms in total. The third-order valence-electron chi connectivity index (χ3n) is 1.81. The quantitative estimate of drug-likeness (QED) is 0.877. The van der Waals surface area contributed by atoms with Crippen molar-refractivity contribution in [2.24, 2.45) is 0 Å². The van der Waals surface area contributed by atoms with Crippen molar-refractivity contribution >= 4 is 37.6 Å². The molecule has 1 N–H and O–H groups in total. The molecule has 0 aliphatic rings. The number of hydrogen-bond acceptors (Lipinski definition) is 4. The Morgan fingerprint density at radius 3 is 2.73 bits per heavy atom. The molecule has 0 atom stereocenters. The van der Waals surface area contributed by atoms with Gasteiger partial charge in [0.1, 0.15) is 5.82 Å². The summed E-state index contributed by atoms with van der Waals surface area (Å²) < 4.78 is 14.1. The van der Waals surface area contributed by atoms with E-state index in [4.69, 9.17) is 0 Å². The van der Waals surface area contributed by atoms with E-state index in [1.807, 2.05) is 0 Å². The second kappa shape index (κ2) is 3.34. The molecule has 0 amide bonds. The Labute approximate surface area is 96.7 Å². The zero-order valence-corrected chi connectivity index (χ0v) is 10.4. The molecule has 0 aliphatic heterocycles. The van der Waals surface area contributed by atoms with Gasteiger partial charge in [-0.3, -0.25) is 4.79 Å². The topological polar surface area (TPSA) is 58.6 Å². The Morgan fingerprint density at radius 2 is 2.13 bits per heavy atom. The van der Waals surface area contributed by atoms with E-state index in [1.165, 1.54) is 25.2 Å². The van der Waals surface area contributed by atoms with Gasteiger partial charge in [-0.15, -0.1) is 0 Å². The van der Waals surface area contributed by atoms with Crippen LogP contribution in [0.15, 0.2) is 8.71 Å². The normalized spacial score (nSPS) is 12.3. The molecule has 2 rings (SSSR count). The lowest BCUT2D eigenvalue weighted by molar-refractivity contribution is 0.207. The fourth-order valence-electron chi connectivity index (χ4n) is 1.09. The highest BCUT2D eigenvalue weighted by molar-refractivity contribution is 9.11. The van der Waals surface area contributed by atoms with Gasteiger partial charge >= 0.3 is 0 Å². The molecule has 0 aromatic carbocycles. The van der Waals surface area contributed by atoms with E-state index >= 15 is 0 Å². The molecule has 0 saturated heterocycles. The molecule has 2 aromatic rings. The van der Waals surface area contributed by atoms with E-state index in [1.54, 1.807) is 0 Å². The Bertz CT molecular complexity index is 571. The summed E-state index contributed by atoms with van der Waals surface area (Å²) in [6.45, 7) is 2.68. The summed E-state index contributed by atoms with van der Waals surface area (Å²) in [6.07, 6.45) is 0. The zero-order valence-electron chi connectivity index (χ0n) is 7.97. The average molecular weight is 292 g/mol. The first-order valence-electron chi connectivity index (χ1n) is 4.13. The number of halogens is 2. The van der Waals surface area contributed by atoms with Gasteiger partial charge < -0.3 is 4.98 Å². The van der Waals surface area contributed by atoms with Crippen molar-refractivity contribution in [3.05, 3.63) is 20.1 Å². The van der Waals surface area contributed by atoms with Gasteiger partial charge in [0.15, 0.2) is 19.9 Å². The number of alkyl halides is 1. The highest BCUT2D eigenvalue weighted by Gasteiger charge is 2.23. The maximum absolute atomic E-state index is 13.6. The highest BCUT2D eigenvalue weighted by atomic mass is 79.9. The van der Waals surface area contributed by atoms with E-state index in [0.29, 0.717) is 8.75 Å². The number of fused-ring (bicyclic) bond motifs is 1. The smallest absolute Gasteiger partial charge is 0.278 e. The van der Waals surface area contributed by atoms with E-state index in [-0.39, 0.29) is 11.3 Å². The first-order valence-corrected chi connectivity index (χ1v) is 5.74. The molecule has 7 heteroatoms. The minimum Gasteiger partial charge on any atom is -0.306 e. The molecule has 0 aliphatic carbocycles. The van der Waals surface area contributed by atoms with Gasteiger partial charge in [-0.2, -0.15) is 0 Å². The van der Waals surface area contributed by atoms with Crippen LogP contribution in [0.5, 0.6) is 0 Å². The Hall–Kier alpha value is -0.820. The lowest BCUT2D eigenvalue weighted by Crippen LogP contribution is -2.20. The van der Waals surface area contributed by atoms with Crippen LogP contribution in [0.25, 0.3) is 10.3 Å². The average Bonchev–Trinajstić information content (AvgIpc) is 2.44. The van der Waals surface area contributed by atoms with Crippen molar-refractivity contribution in [2.45, 2.75) is 19.5 Å². The summed E-state index contributed by atoms with van der Waals surface area (Å²) in [5.74, 6) is 0.0242. The fraction of sp³-hybridized carbons (Fsp3) is 0.375. The first kappa shape index (κ1) is 10.7. The summed E-state index contributed by atoms with van der Waals surface area (Å²) in [6, 6.07) is 0. The second-order valence-corrected chi connectivity index (χ2v) is 5.76. The summed E-state index contributed by atoms with van der Waals surface area (Å²) >= 11 is 4.36. The van der Waals surface area contributed by atoms with Gasteiger partial charge in [0.05, 0.1) is 0 Å². The van der Waals surface area contributed by atoms with E-state index in [2.05, 4.69) is 30.9 Å².